The smallest absolute Gasteiger partial charge is 0.407 e. The second-order valence-electron chi connectivity index (χ2n) is 6.67. The van der Waals surface area contributed by atoms with E-state index in [-0.39, 0.29) is 11.7 Å². The minimum absolute atomic E-state index is 0.0196. The van der Waals surface area contributed by atoms with Gasteiger partial charge in [0.25, 0.3) is 5.69 Å². The second kappa shape index (κ2) is 6.39. The molecule has 1 atom stereocenters. The molecule has 2 rings (SSSR count). The van der Waals surface area contributed by atoms with Gasteiger partial charge in [0, 0.05) is 19.2 Å². The number of carbonyl (C=O) groups excluding carboxylic acids is 1. The lowest BCUT2D eigenvalue weighted by Crippen LogP contribution is -2.40. The number of nitrogens with one attached hydrogen (secondary N) is 1. The Labute approximate surface area is 135 Å². The van der Waals surface area contributed by atoms with E-state index in [1.807, 2.05) is 25.7 Å². The van der Waals surface area contributed by atoms with Crippen LogP contribution in [0.3, 0.4) is 0 Å². The van der Waals surface area contributed by atoms with E-state index in [2.05, 4.69) is 10.3 Å². The number of nitrogens with zero attached hydrogens (tertiary/aromatic N) is 3. The summed E-state index contributed by atoms with van der Waals surface area (Å²) in [5, 5.41) is 13.6. The van der Waals surface area contributed by atoms with Crippen molar-refractivity contribution in [1.82, 2.24) is 10.3 Å². The van der Waals surface area contributed by atoms with E-state index in [1.54, 1.807) is 6.92 Å². The van der Waals surface area contributed by atoms with Gasteiger partial charge in [0.2, 0.25) is 0 Å². The number of amides is 1. The molecule has 1 amide bonds. The molecule has 2 heterocycles. The molecular weight excluding hydrogens is 300 g/mol. The third-order valence-corrected chi connectivity index (χ3v) is 3.46. The molecule has 1 aliphatic heterocycles. The molecule has 1 saturated heterocycles. The Hall–Kier alpha value is -2.38. The monoisotopic (exact) mass is 322 g/mol. The molecular formula is C15H22N4O4. The Morgan fingerprint density at radius 1 is 1.52 bits per heavy atom. The van der Waals surface area contributed by atoms with Crippen LogP contribution in [-0.2, 0) is 4.74 Å². The molecule has 1 N–H and O–H groups in total. The van der Waals surface area contributed by atoms with Crippen molar-refractivity contribution in [2.24, 2.45) is 0 Å². The highest BCUT2D eigenvalue weighted by Crippen LogP contribution is 2.25. The Kier molecular flexibility index (Phi) is 4.72. The summed E-state index contributed by atoms with van der Waals surface area (Å²) in [7, 11) is 0. The number of hydrogen-bond acceptors (Lipinski definition) is 6. The Bertz CT molecular complexity index is 612. The van der Waals surface area contributed by atoms with Crippen LogP contribution in [0.5, 0.6) is 0 Å². The lowest BCUT2D eigenvalue weighted by Gasteiger charge is -2.22. The van der Waals surface area contributed by atoms with Crippen LogP contribution in [0.25, 0.3) is 0 Å². The summed E-state index contributed by atoms with van der Waals surface area (Å²) in [6, 6.07) is 1.48. The molecule has 1 aromatic heterocycles. The van der Waals surface area contributed by atoms with Crippen LogP contribution in [0.2, 0.25) is 0 Å². The summed E-state index contributed by atoms with van der Waals surface area (Å²) in [6.07, 6.45) is 1.60. The van der Waals surface area contributed by atoms with Gasteiger partial charge in [0.1, 0.15) is 17.6 Å². The van der Waals surface area contributed by atoms with Crippen LogP contribution in [0, 0.1) is 17.0 Å². The first kappa shape index (κ1) is 17.0. The third-order valence-electron chi connectivity index (χ3n) is 3.46. The molecule has 0 bridgehead atoms. The van der Waals surface area contributed by atoms with Crippen molar-refractivity contribution in [3.8, 4) is 0 Å². The number of aryl methyl sites for hydroxylation is 1. The van der Waals surface area contributed by atoms with E-state index in [4.69, 9.17) is 4.74 Å². The molecule has 0 spiro atoms. The molecule has 8 heteroatoms. The predicted molar refractivity (Wildman–Crippen MR) is 85.6 cm³/mol. The number of alkyl carbamates (subject to hydrolysis) is 1. The van der Waals surface area contributed by atoms with Gasteiger partial charge in [0.05, 0.1) is 11.0 Å². The van der Waals surface area contributed by atoms with Crippen molar-refractivity contribution in [2.75, 3.05) is 18.0 Å². The topological polar surface area (TPSA) is 97.6 Å². The maximum Gasteiger partial charge on any atom is 0.407 e. The van der Waals surface area contributed by atoms with Crippen LogP contribution >= 0.6 is 0 Å². The molecule has 1 aromatic rings. The van der Waals surface area contributed by atoms with Crippen LogP contribution in [0.1, 0.15) is 32.8 Å². The summed E-state index contributed by atoms with van der Waals surface area (Å²) in [4.78, 5) is 28.3. The number of hydrogen-bond donors (Lipinski definition) is 1. The van der Waals surface area contributed by atoms with Crippen LogP contribution in [0.4, 0.5) is 16.3 Å². The van der Waals surface area contributed by atoms with Crippen LogP contribution < -0.4 is 10.2 Å². The van der Waals surface area contributed by atoms with E-state index < -0.39 is 16.6 Å². The Morgan fingerprint density at radius 2 is 2.22 bits per heavy atom. The Morgan fingerprint density at radius 3 is 2.78 bits per heavy atom. The fourth-order valence-electron chi connectivity index (χ4n) is 2.53. The molecule has 1 fully saturated rings. The zero-order chi connectivity index (χ0) is 17.2. The summed E-state index contributed by atoms with van der Waals surface area (Å²) < 4.78 is 5.25. The zero-order valence-corrected chi connectivity index (χ0v) is 13.8. The van der Waals surface area contributed by atoms with Crippen molar-refractivity contribution in [2.45, 2.75) is 45.8 Å². The standard InChI is InChI=1S/C15H22N4O4/c1-10-7-12(19(21)22)8-16-13(10)18-6-5-11(9-18)17-14(20)23-15(2,3)4/h7-8,11H,5-6,9H2,1-4H3,(H,17,20)/t11-/m1/s1. The molecule has 0 unspecified atom stereocenters. The van der Waals surface area contributed by atoms with E-state index in [0.717, 1.165) is 18.5 Å². The van der Waals surface area contributed by atoms with Gasteiger partial charge in [-0.15, -0.1) is 0 Å². The second-order valence-corrected chi connectivity index (χ2v) is 6.67. The fourth-order valence-corrected chi connectivity index (χ4v) is 2.53. The largest absolute Gasteiger partial charge is 0.444 e. The zero-order valence-electron chi connectivity index (χ0n) is 13.8. The lowest BCUT2D eigenvalue weighted by molar-refractivity contribution is -0.385. The number of rotatable bonds is 3. The van der Waals surface area contributed by atoms with Gasteiger partial charge in [-0.3, -0.25) is 10.1 Å². The fraction of sp³-hybridized carbons (Fsp3) is 0.600. The molecule has 1 aliphatic rings. The quantitative estimate of drug-likeness (QED) is 0.678. The maximum atomic E-state index is 11.8. The minimum Gasteiger partial charge on any atom is -0.444 e. The predicted octanol–water partition coefficient (Wildman–Crippen LogP) is 2.40. The van der Waals surface area contributed by atoms with Gasteiger partial charge in [-0.1, -0.05) is 0 Å². The van der Waals surface area contributed by atoms with E-state index in [9.17, 15) is 14.9 Å². The number of ether oxygens (including phenoxy) is 1. The van der Waals surface area contributed by atoms with Crippen molar-refractivity contribution in [3.63, 3.8) is 0 Å². The highest BCUT2D eigenvalue weighted by Gasteiger charge is 2.28. The van der Waals surface area contributed by atoms with Gasteiger partial charge < -0.3 is 15.0 Å². The van der Waals surface area contributed by atoms with Gasteiger partial charge >= 0.3 is 6.09 Å². The first-order chi connectivity index (χ1) is 10.7. The van der Waals surface area contributed by atoms with Gasteiger partial charge in [0.15, 0.2) is 0 Å². The molecule has 126 valence electrons. The lowest BCUT2D eigenvalue weighted by atomic mass is 10.2. The third kappa shape index (κ3) is 4.54. The number of aromatic nitrogens is 1. The molecule has 0 aromatic carbocycles. The first-order valence-electron chi connectivity index (χ1n) is 7.51. The van der Waals surface area contributed by atoms with Gasteiger partial charge in [-0.2, -0.15) is 0 Å². The van der Waals surface area contributed by atoms with Crippen molar-refractivity contribution >= 4 is 17.6 Å². The van der Waals surface area contributed by atoms with E-state index in [1.165, 1.54) is 12.3 Å². The summed E-state index contributed by atoms with van der Waals surface area (Å²) in [5.74, 6) is 0.712. The minimum atomic E-state index is -0.529. The maximum absolute atomic E-state index is 11.8. The van der Waals surface area contributed by atoms with Crippen molar-refractivity contribution in [1.29, 1.82) is 0 Å². The summed E-state index contributed by atoms with van der Waals surface area (Å²) in [5.41, 5.74) is 0.199. The molecule has 0 saturated carbocycles. The summed E-state index contributed by atoms with van der Waals surface area (Å²) in [6.45, 7) is 8.58. The highest BCUT2D eigenvalue weighted by molar-refractivity contribution is 5.68. The normalized spacial score (nSPS) is 17.9. The number of carbonyl (C=O) groups is 1. The molecule has 23 heavy (non-hydrogen) atoms. The van der Waals surface area contributed by atoms with E-state index >= 15 is 0 Å². The summed E-state index contributed by atoms with van der Waals surface area (Å²) >= 11 is 0. The average molecular weight is 322 g/mol. The SMILES string of the molecule is Cc1cc([N+](=O)[O-])cnc1N1CC[C@@H](NC(=O)OC(C)(C)C)C1. The molecule has 0 radical (unpaired) electrons. The molecule has 8 nitrogen and oxygen atoms in total. The van der Waals surface area contributed by atoms with Crippen LogP contribution in [-0.4, -0.2) is 40.7 Å². The van der Waals surface area contributed by atoms with Crippen molar-refractivity contribution in [3.05, 3.63) is 27.9 Å². The first-order valence-corrected chi connectivity index (χ1v) is 7.51. The van der Waals surface area contributed by atoms with Crippen LogP contribution in [0.15, 0.2) is 12.3 Å². The number of nitro groups is 1. The highest BCUT2D eigenvalue weighted by atomic mass is 16.6. The number of pyridine rings is 1. The van der Waals surface area contributed by atoms with E-state index in [0.29, 0.717) is 12.4 Å². The molecule has 0 aliphatic carbocycles. The van der Waals surface area contributed by atoms with Gasteiger partial charge in [-0.25, -0.2) is 9.78 Å². The van der Waals surface area contributed by atoms with Crippen molar-refractivity contribution < 1.29 is 14.5 Å². The Balaban J connectivity index is 1.97. The van der Waals surface area contributed by atoms with Gasteiger partial charge in [-0.05, 0) is 39.7 Å². The average Bonchev–Trinajstić information content (AvgIpc) is 2.84. The number of anilines is 1.